The fourth-order valence-electron chi connectivity index (χ4n) is 2.91. The van der Waals surface area contributed by atoms with Crippen LogP contribution in [0.2, 0.25) is 0 Å². The summed E-state index contributed by atoms with van der Waals surface area (Å²) in [6, 6.07) is 2.55. The lowest BCUT2D eigenvalue weighted by Crippen LogP contribution is -2.55. The summed E-state index contributed by atoms with van der Waals surface area (Å²) in [5.74, 6) is 0.0382. The number of nitrogens with one attached hydrogen (secondary N) is 1. The Balaban J connectivity index is 2.21. The van der Waals surface area contributed by atoms with Crippen LogP contribution in [0.5, 0.6) is 0 Å². The molecule has 1 aromatic rings. The summed E-state index contributed by atoms with van der Waals surface area (Å²) in [5, 5.41) is 7.95. The maximum atomic E-state index is 12.6. The predicted octanol–water partition coefficient (Wildman–Crippen LogP) is 1.77. The smallest absolute Gasteiger partial charge is 0.274 e. The van der Waals surface area contributed by atoms with Gasteiger partial charge in [0.2, 0.25) is 0 Å². The van der Waals surface area contributed by atoms with Gasteiger partial charge in [0, 0.05) is 30.9 Å². The second kappa shape index (κ2) is 5.20. The highest BCUT2D eigenvalue weighted by Crippen LogP contribution is 2.18. The monoisotopic (exact) mass is 278 g/mol. The number of amides is 1. The largest absolute Gasteiger partial charge is 0.334 e. The van der Waals surface area contributed by atoms with E-state index in [1.165, 1.54) is 0 Å². The molecule has 2 atom stereocenters. The Morgan fingerprint density at radius 3 is 2.30 bits per heavy atom. The lowest BCUT2D eigenvalue weighted by molar-refractivity contribution is 0.0666. The minimum atomic E-state index is -0.105. The molecule has 5 heteroatoms. The highest BCUT2D eigenvalue weighted by molar-refractivity contribution is 5.92. The van der Waals surface area contributed by atoms with Crippen LogP contribution in [0.3, 0.4) is 0 Å². The van der Waals surface area contributed by atoms with E-state index in [1.807, 2.05) is 22.6 Å². The van der Waals surface area contributed by atoms with Gasteiger partial charge in [-0.05, 0) is 47.6 Å². The second-order valence-electron chi connectivity index (χ2n) is 6.93. The molecule has 20 heavy (non-hydrogen) atoms. The van der Waals surface area contributed by atoms with Gasteiger partial charge in [0.05, 0.1) is 5.54 Å². The molecule has 1 aliphatic rings. The molecular weight excluding hydrogens is 252 g/mol. The van der Waals surface area contributed by atoms with Crippen molar-refractivity contribution in [2.45, 2.75) is 59.2 Å². The highest BCUT2D eigenvalue weighted by atomic mass is 16.2. The molecule has 0 aliphatic carbocycles. The summed E-state index contributed by atoms with van der Waals surface area (Å²) in [4.78, 5) is 14.5. The van der Waals surface area contributed by atoms with Gasteiger partial charge in [-0.15, -0.1) is 0 Å². The van der Waals surface area contributed by atoms with E-state index in [4.69, 9.17) is 0 Å². The van der Waals surface area contributed by atoms with Crippen LogP contribution in [-0.4, -0.2) is 45.8 Å². The topological polar surface area (TPSA) is 50.2 Å². The Morgan fingerprint density at radius 1 is 1.30 bits per heavy atom. The van der Waals surface area contributed by atoms with Gasteiger partial charge < -0.3 is 10.2 Å². The first kappa shape index (κ1) is 15.0. The third kappa shape index (κ3) is 3.03. The van der Waals surface area contributed by atoms with Crippen LogP contribution in [0.1, 0.15) is 50.8 Å². The molecule has 0 spiro atoms. The van der Waals surface area contributed by atoms with Crippen LogP contribution >= 0.6 is 0 Å². The van der Waals surface area contributed by atoms with Gasteiger partial charge in [-0.1, -0.05) is 0 Å². The van der Waals surface area contributed by atoms with Gasteiger partial charge >= 0.3 is 0 Å². The van der Waals surface area contributed by atoms with Crippen molar-refractivity contribution in [2.75, 3.05) is 13.1 Å². The van der Waals surface area contributed by atoms with Gasteiger partial charge in [0.15, 0.2) is 5.69 Å². The van der Waals surface area contributed by atoms with Crippen molar-refractivity contribution in [1.82, 2.24) is 20.0 Å². The number of hydrogen-bond acceptors (Lipinski definition) is 3. The van der Waals surface area contributed by atoms with E-state index in [-0.39, 0.29) is 11.4 Å². The third-order valence-electron chi connectivity index (χ3n) is 3.59. The third-order valence-corrected chi connectivity index (χ3v) is 3.59. The molecule has 0 bridgehead atoms. The number of nitrogens with zero attached hydrogens (tertiary/aromatic N) is 3. The SMILES string of the molecule is Cc1cc(C(=O)N2CC(C)NC(C)C2)nn1C(C)(C)C. The molecule has 0 aromatic carbocycles. The highest BCUT2D eigenvalue weighted by Gasteiger charge is 2.28. The normalized spacial score (nSPS) is 24.0. The van der Waals surface area contributed by atoms with E-state index in [0.717, 1.165) is 18.8 Å². The summed E-state index contributed by atoms with van der Waals surface area (Å²) < 4.78 is 1.93. The number of rotatable bonds is 1. The van der Waals surface area contributed by atoms with Crippen LogP contribution < -0.4 is 5.32 Å². The summed E-state index contributed by atoms with van der Waals surface area (Å²) in [7, 11) is 0. The molecular formula is C15H26N4O. The van der Waals surface area contributed by atoms with E-state index in [0.29, 0.717) is 17.8 Å². The molecule has 1 aromatic heterocycles. The zero-order valence-corrected chi connectivity index (χ0v) is 13.4. The number of carbonyl (C=O) groups excluding carboxylic acids is 1. The standard InChI is InChI=1S/C15H26N4O/c1-10-8-18(9-11(2)16-10)14(20)13-7-12(3)19(17-13)15(4,5)6/h7,10-11,16H,8-9H2,1-6H3. The van der Waals surface area contributed by atoms with Crippen molar-refractivity contribution < 1.29 is 4.79 Å². The fraction of sp³-hybridized carbons (Fsp3) is 0.733. The molecule has 2 unspecified atom stereocenters. The Labute approximate surface area is 121 Å². The molecule has 1 aliphatic heterocycles. The molecule has 112 valence electrons. The van der Waals surface area contributed by atoms with Crippen molar-refractivity contribution >= 4 is 5.91 Å². The lowest BCUT2D eigenvalue weighted by Gasteiger charge is -2.35. The molecule has 2 rings (SSSR count). The minimum Gasteiger partial charge on any atom is -0.334 e. The average Bonchev–Trinajstić information content (AvgIpc) is 2.68. The van der Waals surface area contributed by atoms with Crippen LogP contribution in [0.4, 0.5) is 0 Å². The Kier molecular flexibility index (Phi) is 3.91. The molecule has 1 fully saturated rings. The van der Waals surface area contributed by atoms with Crippen molar-refractivity contribution in [2.24, 2.45) is 0 Å². The quantitative estimate of drug-likeness (QED) is 0.852. The van der Waals surface area contributed by atoms with Gasteiger partial charge in [-0.2, -0.15) is 5.10 Å². The molecule has 1 amide bonds. The van der Waals surface area contributed by atoms with Gasteiger partial charge in [0.25, 0.3) is 5.91 Å². The average molecular weight is 278 g/mol. The van der Waals surface area contributed by atoms with Gasteiger partial charge in [0.1, 0.15) is 0 Å². The fourth-order valence-corrected chi connectivity index (χ4v) is 2.91. The van der Waals surface area contributed by atoms with E-state index < -0.39 is 0 Å². The summed E-state index contributed by atoms with van der Waals surface area (Å²) in [6.45, 7) is 14.0. The van der Waals surface area contributed by atoms with Crippen molar-refractivity contribution in [1.29, 1.82) is 0 Å². The zero-order chi connectivity index (χ0) is 15.1. The Bertz CT molecular complexity index is 490. The van der Waals surface area contributed by atoms with Crippen molar-refractivity contribution in [3.8, 4) is 0 Å². The lowest BCUT2D eigenvalue weighted by atomic mass is 10.1. The van der Waals surface area contributed by atoms with E-state index >= 15 is 0 Å². The minimum absolute atomic E-state index is 0.0382. The number of carbonyl (C=O) groups is 1. The Morgan fingerprint density at radius 2 is 1.85 bits per heavy atom. The Hall–Kier alpha value is -1.36. The van der Waals surface area contributed by atoms with Gasteiger partial charge in [-0.3, -0.25) is 9.48 Å². The maximum Gasteiger partial charge on any atom is 0.274 e. The summed E-state index contributed by atoms with van der Waals surface area (Å²) in [6.07, 6.45) is 0. The zero-order valence-electron chi connectivity index (χ0n) is 13.4. The second-order valence-corrected chi connectivity index (χ2v) is 6.93. The molecule has 1 saturated heterocycles. The van der Waals surface area contributed by atoms with Crippen molar-refractivity contribution in [3.63, 3.8) is 0 Å². The number of hydrogen-bond donors (Lipinski definition) is 1. The molecule has 0 saturated carbocycles. The van der Waals surface area contributed by atoms with Crippen molar-refractivity contribution in [3.05, 3.63) is 17.5 Å². The van der Waals surface area contributed by atoms with Crippen LogP contribution in [0.25, 0.3) is 0 Å². The molecule has 0 radical (unpaired) electrons. The number of aryl methyl sites for hydroxylation is 1. The van der Waals surface area contributed by atoms with Crippen LogP contribution in [0, 0.1) is 6.92 Å². The molecule has 5 nitrogen and oxygen atoms in total. The number of piperazine rings is 1. The van der Waals surface area contributed by atoms with E-state index in [1.54, 1.807) is 0 Å². The summed E-state index contributed by atoms with van der Waals surface area (Å²) in [5.41, 5.74) is 1.47. The maximum absolute atomic E-state index is 12.6. The first-order chi connectivity index (χ1) is 9.18. The van der Waals surface area contributed by atoms with E-state index in [9.17, 15) is 4.79 Å². The van der Waals surface area contributed by atoms with Crippen LogP contribution in [0.15, 0.2) is 6.07 Å². The predicted molar refractivity (Wildman–Crippen MR) is 79.9 cm³/mol. The molecule has 1 N–H and O–H groups in total. The van der Waals surface area contributed by atoms with Gasteiger partial charge in [-0.25, -0.2) is 0 Å². The first-order valence-corrected chi connectivity index (χ1v) is 7.31. The van der Waals surface area contributed by atoms with E-state index in [2.05, 4.69) is 45.0 Å². The summed E-state index contributed by atoms with van der Waals surface area (Å²) >= 11 is 0. The van der Waals surface area contributed by atoms with Crippen LogP contribution in [-0.2, 0) is 5.54 Å². The molecule has 2 heterocycles. The first-order valence-electron chi connectivity index (χ1n) is 7.31. The number of aromatic nitrogens is 2.